The second-order valence-corrected chi connectivity index (χ2v) is 7.88. The van der Waals surface area contributed by atoms with Gasteiger partial charge in [-0.1, -0.05) is 0 Å². The van der Waals surface area contributed by atoms with Gasteiger partial charge in [0.15, 0.2) is 16.1 Å². The van der Waals surface area contributed by atoms with E-state index in [4.69, 9.17) is 9.84 Å². The third-order valence-corrected chi connectivity index (χ3v) is 4.33. The van der Waals surface area contributed by atoms with Gasteiger partial charge in [0.25, 0.3) is 0 Å². The summed E-state index contributed by atoms with van der Waals surface area (Å²) in [6.45, 7) is 6.58. The summed E-state index contributed by atoms with van der Waals surface area (Å²) < 4.78 is 5.15. The molecular formula is C15H18N4O5S2. The van der Waals surface area contributed by atoms with E-state index in [1.165, 1.54) is 11.8 Å². The lowest BCUT2D eigenvalue weighted by molar-refractivity contribution is -0.136. The second kappa shape index (κ2) is 7.79. The van der Waals surface area contributed by atoms with E-state index < -0.39 is 17.7 Å². The fourth-order valence-corrected chi connectivity index (χ4v) is 3.38. The Morgan fingerprint density at radius 1 is 1.23 bits per heavy atom. The molecule has 0 radical (unpaired) electrons. The SMILES string of the molecule is CC(=O)N(c1csc(NC(=O)OC(C)(C)C)n1)c1nc(CC(=O)O)cs1. The number of nitrogens with zero attached hydrogens (tertiary/aromatic N) is 3. The monoisotopic (exact) mass is 398 g/mol. The smallest absolute Gasteiger partial charge is 0.413 e. The van der Waals surface area contributed by atoms with Gasteiger partial charge in [-0.05, 0) is 20.8 Å². The molecule has 0 saturated carbocycles. The lowest BCUT2D eigenvalue weighted by Crippen LogP contribution is -2.27. The molecule has 0 fully saturated rings. The largest absolute Gasteiger partial charge is 0.481 e. The minimum Gasteiger partial charge on any atom is -0.481 e. The van der Waals surface area contributed by atoms with Crippen LogP contribution in [0.2, 0.25) is 0 Å². The Balaban J connectivity index is 2.17. The molecule has 0 aliphatic heterocycles. The van der Waals surface area contributed by atoms with Crippen LogP contribution in [0.1, 0.15) is 33.4 Å². The summed E-state index contributed by atoms with van der Waals surface area (Å²) in [4.78, 5) is 44.2. The van der Waals surface area contributed by atoms with E-state index in [-0.39, 0.29) is 23.3 Å². The van der Waals surface area contributed by atoms with Crippen LogP contribution < -0.4 is 10.2 Å². The fraction of sp³-hybridized carbons (Fsp3) is 0.400. The molecule has 0 aliphatic carbocycles. The summed E-state index contributed by atoms with van der Waals surface area (Å²) in [5.41, 5.74) is -0.289. The van der Waals surface area contributed by atoms with Crippen molar-refractivity contribution in [3.63, 3.8) is 0 Å². The van der Waals surface area contributed by atoms with Crippen LogP contribution in [-0.2, 0) is 20.7 Å². The number of ether oxygens (including phenoxy) is 1. The number of carboxylic acid groups (broad SMARTS) is 1. The summed E-state index contributed by atoms with van der Waals surface area (Å²) in [6, 6.07) is 0. The number of rotatable bonds is 5. The van der Waals surface area contributed by atoms with Crippen molar-refractivity contribution in [3.05, 3.63) is 16.5 Å². The Kier molecular flexibility index (Phi) is 5.93. The van der Waals surface area contributed by atoms with Crippen molar-refractivity contribution in [2.45, 2.75) is 39.7 Å². The topological polar surface area (TPSA) is 122 Å². The van der Waals surface area contributed by atoms with E-state index in [0.717, 1.165) is 22.7 Å². The normalized spacial score (nSPS) is 11.1. The molecule has 2 N–H and O–H groups in total. The van der Waals surface area contributed by atoms with Gasteiger partial charge in [0.1, 0.15) is 5.60 Å². The first-order valence-electron chi connectivity index (χ1n) is 7.47. The van der Waals surface area contributed by atoms with Crippen LogP contribution in [0.3, 0.4) is 0 Å². The average Bonchev–Trinajstić information content (AvgIpc) is 3.06. The molecular weight excluding hydrogens is 380 g/mol. The first-order valence-corrected chi connectivity index (χ1v) is 9.23. The highest BCUT2D eigenvalue weighted by Crippen LogP contribution is 2.31. The summed E-state index contributed by atoms with van der Waals surface area (Å²) in [6.07, 6.45) is -0.879. The van der Waals surface area contributed by atoms with Gasteiger partial charge in [0, 0.05) is 17.7 Å². The van der Waals surface area contributed by atoms with Gasteiger partial charge in [-0.2, -0.15) is 0 Å². The molecule has 0 spiro atoms. The number of anilines is 3. The maximum atomic E-state index is 12.0. The third kappa shape index (κ3) is 5.49. The van der Waals surface area contributed by atoms with E-state index in [1.54, 1.807) is 31.5 Å². The molecule has 0 bridgehead atoms. The van der Waals surface area contributed by atoms with Gasteiger partial charge < -0.3 is 9.84 Å². The third-order valence-electron chi connectivity index (χ3n) is 2.71. The maximum Gasteiger partial charge on any atom is 0.413 e. The molecule has 2 aromatic rings. The van der Waals surface area contributed by atoms with E-state index in [9.17, 15) is 14.4 Å². The van der Waals surface area contributed by atoms with Crippen LogP contribution in [0, 0.1) is 0 Å². The van der Waals surface area contributed by atoms with Crippen LogP contribution in [0.5, 0.6) is 0 Å². The second-order valence-electron chi connectivity index (χ2n) is 6.18. The molecule has 2 amide bonds. The van der Waals surface area contributed by atoms with Crippen LogP contribution in [-0.4, -0.2) is 38.6 Å². The van der Waals surface area contributed by atoms with Crippen molar-refractivity contribution in [1.29, 1.82) is 0 Å². The van der Waals surface area contributed by atoms with Crippen molar-refractivity contribution >= 4 is 56.7 Å². The van der Waals surface area contributed by atoms with Crippen LogP contribution in [0.25, 0.3) is 0 Å². The average molecular weight is 398 g/mol. The lowest BCUT2D eigenvalue weighted by Gasteiger charge is -2.19. The number of carbonyl (C=O) groups excluding carboxylic acids is 2. The quantitative estimate of drug-likeness (QED) is 0.792. The molecule has 9 nitrogen and oxygen atoms in total. The number of carboxylic acids is 1. The molecule has 140 valence electrons. The summed E-state index contributed by atoms with van der Waals surface area (Å²) >= 11 is 2.26. The molecule has 0 unspecified atom stereocenters. The number of hydrogen-bond donors (Lipinski definition) is 2. The molecule has 2 heterocycles. The number of carbonyl (C=O) groups is 3. The summed E-state index contributed by atoms with van der Waals surface area (Å²) in [7, 11) is 0. The maximum absolute atomic E-state index is 12.0. The Labute approximate surface area is 157 Å². The van der Waals surface area contributed by atoms with Gasteiger partial charge >= 0.3 is 12.1 Å². The summed E-state index contributed by atoms with van der Waals surface area (Å²) in [5.74, 6) is -1.06. The Morgan fingerprint density at radius 3 is 2.50 bits per heavy atom. The van der Waals surface area contributed by atoms with E-state index in [0.29, 0.717) is 10.8 Å². The van der Waals surface area contributed by atoms with Gasteiger partial charge in [0.2, 0.25) is 5.91 Å². The van der Waals surface area contributed by atoms with Gasteiger partial charge in [0.05, 0.1) is 12.1 Å². The molecule has 0 aliphatic rings. The molecule has 0 saturated heterocycles. The van der Waals surface area contributed by atoms with E-state index in [1.807, 2.05) is 0 Å². The van der Waals surface area contributed by atoms with E-state index in [2.05, 4.69) is 15.3 Å². The van der Waals surface area contributed by atoms with Gasteiger partial charge in [-0.15, -0.1) is 22.7 Å². The minimum absolute atomic E-state index is 0.231. The minimum atomic E-state index is -1.01. The molecule has 0 aromatic carbocycles. The fourth-order valence-electron chi connectivity index (χ4n) is 1.85. The van der Waals surface area contributed by atoms with Crippen LogP contribution >= 0.6 is 22.7 Å². The van der Waals surface area contributed by atoms with E-state index >= 15 is 0 Å². The Bertz CT molecular complexity index is 824. The first-order chi connectivity index (χ1) is 12.0. The summed E-state index contributed by atoms with van der Waals surface area (Å²) in [5, 5.41) is 15.1. The number of aromatic nitrogens is 2. The first kappa shape index (κ1) is 19.8. The zero-order chi connectivity index (χ0) is 19.5. The van der Waals surface area contributed by atoms with Crippen molar-refractivity contribution in [1.82, 2.24) is 9.97 Å². The lowest BCUT2D eigenvalue weighted by atomic mass is 10.2. The molecule has 2 rings (SSSR count). The number of aliphatic carboxylic acids is 1. The highest BCUT2D eigenvalue weighted by atomic mass is 32.1. The number of nitrogens with one attached hydrogen (secondary N) is 1. The predicted octanol–water partition coefficient (Wildman–Crippen LogP) is 3.26. The predicted molar refractivity (Wildman–Crippen MR) is 98.2 cm³/mol. The van der Waals surface area contributed by atoms with Crippen molar-refractivity contribution in [3.8, 4) is 0 Å². The molecule has 11 heteroatoms. The molecule has 0 atom stereocenters. The van der Waals surface area contributed by atoms with Crippen molar-refractivity contribution in [2.24, 2.45) is 0 Å². The number of thiazole rings is 2. The van der Waals surface area contributed by atoms with Crippen LogP contribution in [0.15, 0.2) is 10.8 Å². The molecule has 2 aromatic heterocycles. The molecule has 26 heavy (non-hydrogen) atoms. The van der Waals surface area contributed by atoms with Gasteiger partial charge in [-0.3, -0.25) is 14.9 Å². The Morgan fingerprint density at radius 2 is 1.92 bits per heavy atom. The van der Waals surface area contributed by atoms with Crippen molar-refractivity contribution < 1.29 is 24.2 Å². The number of amides is 2. The van der Waals surface area contributed by atoms with Crippen molar-refractivity contribution in [2.75, 3.05) is 10.2 Å². The standard InChI is InChI=1S/C15H18N4O5S2/c1-8(20)19(13-16-9(6-26-13)5-11(21)22)10-7-25-12(17-10)18-14(23)24-15(2,3)4/h6-7H,5H2,1-4H3,(H,21,22)(H,17,18,23). The Hall–Kier alpha value is -2.53. The van der Waals surface area contributed by atoms with Crippen LogP contribution in [0.4, 0.5) is 20.9 Å². The zero-order valence-electron chi connectivity index (χ0n) is 14.6. The highest BCUT2D eigenvalue weighted by Gasteiger charge is 2.23. The zero-order valence-corrected chi connectivity index (χ0v) is 16.2. The number of hydrogen-bond acceptors (Lipinski definition) is 8. The highest BCUT2D eigenvalue weighted by molar-refractivity contribution is 7.15. The van der Waals surface area contributed by atoms with Gasteiger partial charge in [-0.25, -0.2) is 19.7 Å².